The number of aromatic nitrogens is 3. The molecule has 0 unspecified atom stereocenters. The predicted octanol–water partition coefficient (Wildman–Crippen LogP) is 4.43. The number of hydrogen-bond acceptors (Lipinski definition) is 7. The average Bonchev–Trinajstić information content (AvgIpc) is 3.43. The summed E-state index contributed by atoms with van der Waals surface area (Å²) in [7, 11) is 0. The molecule has 0 saturated heterocycles. The van der Waals surface area contributed by atoms with Gasteiger partial charge in [-0.15, -0.1) is 0 Å². The van der Waals surface area contributed by atoms with Gasteiger partial charge in [0, 0.05) is 23.5 Å². The quantitative estimate of drug-likeness (QED) is 0.679. The number of nitrogens with zero attached hydrogens (tertiary/aromatic N) is 3. The highest BCUT2D eigenvalue weighted by Crippen LogP contribution is 2.47. The number of fused-ring (bicyclic) bond motifs is 2. The van der Waals surface area contributed by atoms with Crippen molar-refractivity contribution in [3.63, 3.8) is 0 Å². The highest BCUT2D eigenvalue weighted by molar-refractivity contribution is 6.29. The van der Waals surface area contributed by atoms with Crippen LogP contribution in [0.2, 0.25) is 5.15 Å². The van der Waals surface area contributed by atoms with Gasteiger partial charge in [0.1, 0.15) is 10.9 Å². The van der Waals surface area contributed by atoms with Gasteiger partial charge in [-0.3, -0.25) is 4.79 Å². The standard InChI is InChI=1S/C23H28ClN3O4/c24-17-12-18(30-14-22(13-28)8-3-4-9-22)26-21(25-17)19-15-6-5-11-23(20(15)31-27-19)10-2-1-7-16(23)29/h12,28H,1-11,13-14H2/t23-/m1/s1. The normalized spacial score (nSPS) is 25.0. The summed E-state index contributed by atoms with van der Waals surface area (Å²) in [5.41, 5.74) is 0.735. The van der Waals surface area contributed by atoms with E-state index in [1.165, 1.54) is 0 Å². The molecule has 7 nitrogen and oxygen atoms in total. The van der Waals surface area contributed by atoms with Crippen LogP contribution in [0.15, 0.2) is 10.6 Å². The Hall–Kier alpha value is -1.99. The van der Waals surface area contributed by atoms with E-state index < -0.39 is 5.41 Å². The van der Waals surface area contributed by atoms with E-state index in [2.05, 4.69) is 15.1 Å². The number of aliphatic hydroxyl groups excluding tert-OH is 1. The van der Waals surface area contributed by atoms with Gasteiger partial charge in [-0.05, 0) is 44.9 Å². The van der Waals surface area contributed by atoms with Crippen molar-refractivity contribution in [2.45, 2.75) is 76.0 Å². The summed E-state index contributed by atoms with van der Waals surface area (Å²) in [5, 5.41) is 14.4. The SMILES string of the molecule is O=C1CCCC[C@@]12CCCc1c(-c3nc(Cl)cc(OCC4(CO)CCCC4)n3)noc12. The lowest BCUT2D eigenvalue weighted by atomic mass is 9.64. The molecule has 1 spiro atoms. The van der Waals surface area contributed by atoms with Gasteiger partial charge in [0.05, 0.1) is 18.6 Å². The molecular weight excluding hydrogens is 418 g/mol. The van der Waals surface area contributed by atoms with Crippen molar-refractivity contribution in [3.8, 4) is 17.4 Å². The van der Waals surface area contributed by atoms with Crippen LogP contribution in [-0.4, -0.2) is 39.2 Å². The summed E-state index contributed by atoms with van der Waals surface area (Å²) in [4.78, 5) is 21.8. The minimum atomic E-state index is -0.537. The van der Waals surface area contributed by atoms with Gasteiger partial charge >= 0.3 is 0 Å². The number of carbonyl (C=O) groups is 1. The van der Waals surface area contributed by atoms with Crippen LogP contribution >= 0.6 is 11.6 Å². The summed E-state index contributed by atoms with van der Waals surface area (Å²) in [5.74, 6) is 1.70. The zero-order valence-electron chi connectivity index (χ0n) is 17.7. The zero-order chi connectivity index (χ0) is 21.5. The molecule has 0 aromatic carbocycles. The number of Topliss-reactive ketones (excluding diaryl/α,β-unsaturated/α-hetero) is 1. The van der Waals surface area contributed by atoms with Crippen molar-refractivity contribution in [1.82, 2.24) is 15.1 Å². The first-order valence-corrected chi connectivity index (χ1v) is 11.7. The number of carbonyl (C=O) groups excluding carboxylic acids is 1. The van der Waals surface area contributed by atoms with E-state index in [0.29, 0.717) is 36.2 Å². The second-order valence-corrected chi connectivity index (χ2v) is 9.80. The molecule has 2 aromatic heterocycles. The molecule has 2 aromatic rings. The van der Waals surface area contributed by atoms with Crippen LogP contribution in [0.5, 0.6) is 5.88 Å². The fraction of sp³-hybridized carbons (Fsp3) is 0.652. The molecule has 5 rings (SSSR count). The Morgan fingerprint density at radius 1 is 1.06 bits per heavy atom. The van der Waals surface area contributed by atoms with Crippen molar-refractivity contribution in [2.24, 2.45) is 5.41 Å². The van der Waals surface area contributed by atoms with Crippen molar-refractivity contribution in [3.05, 3.63) is 22.5 Å². The predicted molar refractivity (Wildman–Crippen MR) is 114 cm³/mol. The Bertz CT molecular complexity index is 985. The molecule has 2 heterocycles. The monoisotopic (exact) mass is 445 g/mol. The molecular formula is C23H28ClN3O4. The van der Waals surface area contributed by atoms with Crippen LogP contribution in [0, 0.1) is 5.41 Å². The maximum Gasteiger partial charge on any atom is 0.218 e. The second-order valence-electron chi connectivity index (χ2n) is 9.41. The summed E-state index contributed by atoms with van der Waals surface area (Å²) in [6.45, 7) is 0.496. The summed E-state index contributed by atoms with van der Waals surface area (Å²) < 4.78 is 11.8. The molecule has 2 saturated carbocycles. The van der Waals surface area contributed by atoms with Gasteiger partial charge in [0.15, 0.2) is 17.3 Å². The molecule has 1 atom stereocenters. The number of hydrogen-bond donors (Lipinski definition) is 1. The van der Waals surface area contributed by atoms with Crippen LogP contribution in [0.3, 0.4) is 0 Å². The molecule has 3 aliphatic rings. The lowest BCUT2D eigenvalue weighted by Gasteiger charge is -2.36. The highest BCUT2D eigenvalue weighted by atomic mass is 35.5. The minimum Gasteiger partial charge on any atom is -0.477 e. The van der Waals surface area contributed by atoms with E-state index in [0.717, 1.165) is 69.8 Å². The lowest BCUT2D eigenvalue weighted by Crippen LogP contribution is -2.41. The van der Waals surface area contributed by atoms with E-state index in [9.17, 15) is 9.90 Å². The molecule has 3 aliphatic carbocycles. The van der Waals surface area contributed by atoms with Crippen LogP contribution in [0.1, 0.15) is 75.5 Å². The lowest BCUT2D eigenvalue weighted by molar-refractivity contribution is -0.128. The number of rotatable bonds is 5. The summed E-state index contributed by atoms with van der Waals surface area (Å²) in [6, 6.07) is 1.59. The van der Waals surface area contributed by atoms with Crippen LogP contribution in [0.4, 0.5) is 0 Å². The van der Waals surface area contributed by atoms with E-state index in [1.54, 1.807) is 6.07 Å². The third-order valence-corrected chi connectivity index (χ3v) is 7.65. The Balaban J connectivity index is 1.45. The van der Waals surface area contributed by atoms with E-state index in [4.69, 9.17) is 20.9 Å². The molecule has 0 radical (unpaired) electrons. The summed E-state index contributed by atoms with van der Waals surface area (Å²) >= 11 is 6.29. The number of aliphatic hydroxyl groups is 1. The molecule has 1 N–H and O–H groups in total. The molecule has 2 fully saturated rings. The first-order chi connectivity index (χ1) is 15.1. The van der Waals surface area contributed by atoms with Crippen molar-refractivity contribution < 1.29 is 19.2 Å². The number of halogens is 1. The second kappa shape index (κ2) is 8.17. The van der Waals surface area contributed by atoms with Gasteiger partial charge in [-0.2, -0.15) is 4.98 Å². The van der Waals surface area contributed by atoms with Gasteiger partial charge in [-0.1, -0.05) is 36.0 Å². The first kappa shape index (κ1) is 20.9. The summed E-state index contributed by atoms with van der Waals surface area (Å²) in [6.07, 6.45) is 10.0. The van der Waals surface area contributed by atoms with E-state index in [-0.39, 0.29) is 23.0 Å². The molecule has 0 bridgehead atoms. The minimum absolute atomic E-state index is 0.103. The maximum atomic E-state index is 12.9. The van der Waals surface area contributed by atoms with Crippen LogP contribution < -0.4 is 4.74 Å². The van der Waals surface area contributed by atoms with Gasteiger partial charge in [0.25, 0.3) is 0 Å². The van der Waals surface area contributed by atoms with Crippen molar-refractivity contribution >= 4 is 17.4 Å². The van der Waals surface area contributed by atoms with Gasteiger partial charge in [0.2, 0.25) is 5.88 Å². The molecule has 0 amide bonds. The largest absolute Gasteiger partial charge is 0.477 e. The van der Waals surface area contributed by atoms with Gasteiger partial charge in [-0.25, -0.2) is 4.98 Å². The first-order valence-electron chi connectivity index (χ1n) is 11.4. The topological polar surface area (TPSA) is 98.3 Å². The van der Waals surface area contributed by atoms with E-state index >= 15 is 0 Å². The van der Waals surface area contributed by atoms with Gasteiger partial charge < -0.3 is 14.4 Å². The van der Waals surface area contributed by atoms with Crippen LogP contribution in [0.25, 0.3) is 11.5 Å². The Kier molecular flexibility index (Phi) is 5.51. The molecule has 31 heavy (non-hydrogen) atoms. The highest BCUT2D eigenvalue weighted by Gasteiger charge is 2.48. The Labute approximate surface area is 186 Å². The Morgan fingerprint density at radius 3 is 2.61 bits per heavy atom. The smallest absolute Gasteiger partial charge is 0.218 e. The number of ketones is 1. The fourth-order valence-electron chi connectivity index (χ4n) is 5.65. The van der Waals surface area contributed by atoms with E-state index in [1.807, 2.05) is 0 Å². The molecule has 0 aliphatic heterocycles. The molecule has 166 valence electrons. The maximum absolute atomic E-state index is 12.9. The zero-order valence-corrected chi connectivity index (χ0v) is 18.4. The Morgan fingerprint density at radius 2 is 1.84 bits per heavy atom. The fourth-order valence-corrected chi connectivity index (χ4v) is 5.82. The number of ether oxygens (including phenoxy) is 1. The third kappa shape index (κ3) is 3.65. The van der Waals surface area contributed by atoms with Crippen LogP contribution in [-0.2, 0) is 16.6 Å². The van der Waals surface area contributed by atoms with Crippen molar-refractivity contribution in [2.75, 3.05) is 13.2 Å². The third-order valence-electron chi connectivity index (χ3n) is 7.45. The average molecular weight is 446 g/mol. The molecule has 8 heteroatoms. The van der Waals surface area contributed by atoms with Crippen molar-refractivity contribution in [1.29, 1.82) is 0 Å².